The number of hydrogen-bond acceptors (Lipinski definition) is 4. The van der Waals surface area contributed by atoms with Gasteiger partial charge in [-0.3, -0.25) is 4.79 Å². The highest BCUT2D eigenvalue weighted by Gasteiger charge is 2.37. The van der Waals surface area contributed by atoms with Crippen molar-refractivity contribution in [3.63, 3.8) is 0 Å². The average molecular weight is 263 g/mol. The highest BCUT2D eigenvalue weighted by molar-refractivity contribution is 7.89. The van der Waals surface area contributed by atoms with E-state index in [-0.39, 0.29) is 11.7 Å². The normalized spacial score (nSPS) is 22.7. The first-order valence-corrected chi connectivity index (χ1v) is 7.56. The highest BCUT2D eigenvalue weighted by Crippen LogP contribution is 2.22. The van der Waals surface area contributed by atoms with Gasteiger partial charge in [0, 0.05) is 6.54 Å². The van der Waals surface area contributed by atoms with Gasteiger partial charge >= 0.3 is 5.97 Å². The molecule has 0 saturated carbocycles. The number of piperidine rings is 1. The maximum atomic E-state index is 12.1. The van der Waals surface area contributed by atoms with Gasteiger partial charge in [-0.05, 0) is 25.2 Å². The molecule has 0 N–H and O–H groups in total. The van der Waals surface area contributed by atoms with Gasteiger partial charge in [0.25, 0.3) is 0 Å². The first kappa shape index (κ1) is 14.4. The zero-order valence-electron chi connectivity index (χ0n) is 10.7. The lowest BCUT2D eigenvalue weighted by Gasteiger charge is -2.33. The van der Waals surface area contributed by atoms with Crippen LogP contribution >= 0.6 is 0 Å². The number of hydrogen-bond donors (Lipinski definition) is 0. The SMILES string of the molecule is COC(=O)[C@H]1CCCCN1S(=O)(=O)CC(C)C. The van der Waals surface area contributed by atoms with Crippen LogP contribution in [-0.4, -0.2) is 44.1 Å². The van der Waals surface area contributed by atoms with Crippen molar-refractivity contribution in [2.45, 2.75) is 39.2 Å². The van der Waals surface area contributed by atoms with Crippen LogP contribution < -0.4 is 0 Å². The molecule has 1 saturated heterocycles. The van der Waals surface area contributed by atoms with Crippen LogP contribution in [0.15, 0.2) is 0 Å². The van der Waals surface area contributed by atoms with Crippen molar-refractivity contribution >= 4 is 16.0 Å². The molecule has 0 amide bonds. The van der Waals surface area contributed by atoms with Crippen LogP contribution in [0.1, 0.15) is 33.1 Å². The number of rotatable bonds is 4. The Hall–Kier alpha value is -0.620. The summed E-state index contributed by atoms with van der Waals surface area (Å²) >= 11 is 0. The van der Waals surface area contributed by atoms with Crippen molar-refractivity contribution in [3.8, 4) is 0 Å². The second-order valence-corrected chi connectivity index (χ2v) is 6.78. The minimum Gasteiger partial charge on any atom is -0.468 e. The second kappa shape index (κ2) is 5.82. The third kappa shape index (κ3) is 3.67. The van der Waals surface area contributed by atoms with E-state index in [1.807, 2.05) is 13.8 Å². The van der Waals surface area contributed by atoms with E-state index >= 15 is 0 Å². The van der Waals surface area contributed by atoms with Gasteiger partial charge in [-0.25, -0.2) is 8.42 Å². The molecule has 1 fully saturated rings. The van der Waals surface area contributed by atoms with Crippen LogP contribution in [0.4, 0.5) is 0 Å². The molecule has 100 valence electrons. The third-order valence-electron chi connectivity index (χ3n) is 2.83. The Balaban J connectivity index is 2.88. The fourth-order valence-electron chi connectivity index (χ4n) is 2.13. The predicted octanol–water partition coefficient (Wildman–Crippen LogP) is 1.000. The summed E-state index contributed by atoms with van der Waals surface area (Å²) in [5.41, 5.74) is 0. The first-order valence-electron chi connectivity index (χ1n) is 5.96. The maximum absolute atomic E-state index is 12.1. The lowest BCUT2D eigenvalue weighted by molar-refractivity contribution is -0.146. The number of esters is 1. The summed E-state index contributed by atoms with van der Waals surface area (Å²) in [6.07, 6.45) is 2.24. The van der Waals surface area contributed by atoms with Crippen LogP contribution in [0, 0.1) is 5.92 Å². The monoisotopic (exact) mass is 263 g/mol. The van der Waals surface area contributed by atoms with E-state index in [9.17, 15) is 13.2 Å². The minimum atomic E-state index is -3.35. The number of carbonyl (C=O) groups excluding carboxylic acids is 1. The predicted molar refractivity (Wildman–Crippen MR) is 65.0 cm³/mol. The Morgan fingerprint density at radius 3 is 2.59 bits per heavy atom. The number of carbonyl (C=O) groups is 1. The molecule has 0 aromatic carbocycles. The lowest BCUT2D eigenvalue weighted by Crippen LogP contribution is -2.49. The summed E-state index contributed by atoms with van der Waals surface area (Å²) in [5.74, 6) is -0.308. The molecule has 1 atom stereocenters. The van der Waals surface area contributed by atoms with Gasteiger partial charge < -0.3 is 4.74 Å². The number of ether oxygens (including phenoxy) is 1. The van der Waals surface area contributed by atoms with Crippen LogP contribution in [0.2, 0.25) is 0 Å². The van der Waals surface area contributed by atoms with E-state index in [1.54, 1.807) is 0 Å². The molecule has 17 heavy (non-hydrogen) atoms. The smallest absolute Gasteiger partial charge is 0.324 e. The summed E-state index contributed by atoms with van der Waals surface area (Å²) in [7, 11) is -2.06. The maximum Gasteiger partial charge on any atom is 0.324 e. The number of nitrogens with zero attached hydrogens (tertiary/aromatic N) is 1. The number of sulfonamides is 1. The molecule has 1 heterocycles. The Labute approximate surface area is 103 Å². The van der Waals surface area contributed by atoms with Gasteiger partial charge in [-0.1, -0.05) is 13.8 Å². The standard InChI is InChI=1S/C11H21NO4S/c1-9(2)8-17(14,15)12-7-5-4-6-10(12)11(13)16-3/h9-10H,4-8H2,1-3H3/t10-/m1/s1. The molecule has 0 spiro atoms. The lowest BCUT2D eigenvalue weighted by atomic mass is 10.1. The summed E-state index contributed by atoms with van der Waals surface area (Å²) in [6.45, 7) is 4.14. The van der Waals surface area contributed by atoms with E-state index in [4.69, 9.17) is 0 Å². The zero-order chi connectivity index (χ0) is 13.1. The van der Waals surface area contributed by atoms with Gasteiger partial charge in [0.05, 0.1) is 12.9 Å². The van der Waals surface area contributed by atoms with Crippen molar-refractivity contribution in [1.82, 2.24) is 4.31 Å². The molecule has 0 bridgehead atoms. The van der Waals surface area contributed by atoms with Crippen molar-refractivity contribution in [2.75, 3.05) is 19.4 Å². The van der Waals surface area contributed by atoms with Crippen molar-refractivity contribution in [3.05, 3.63) is 0 Å². The van der Waals surface area contributed by atoms with Crippen molar-refractivity contribution < 1.29 is 17.9 Å². The topological polar surface area (TPSA) is 63.7 Å². The molecular formula is C11H21NO4S. The summed E-state index contributed by atoms with van der Waals surface area (Å²) in [6, 6.07) is -0.627. The molecule has 1 rings (SSSR count). The van der Waals surface area contributed by atoms with Crippen molar-refractivity contribution in [1.29, 1.82) is 0 Å². The summed E-state index contributed by atoms with van der Waals surface area (Å²) in [5, 5.41) is 0. The Kier molecular flexibility index (Phi) is 4.94. The van der Waals surface area contributed by atoms with E-state index in [0.29, 0.717) is 13.0 Å². The van der Waals surface area contributed by atoms with E-state index in [1.165, 1.54) is 11.4 Å². The molecule has 5 nitrogen and oxygen atoms in total. The van der Waals surface area contributed by atoms with Crippen LogP contribution in [0.25, 0.3) is 0 Å². The molecule has 0 radical (unpaired) electrons. The Bertz CT molecular complexity index is 364. The van der Waals surface area contributed by atoms with E-state index in [0.717, 1.165) is 12.8 Å². The van der Waals surface area contributed by atoms with Gasteiger partial charge in [0.15, 0.2) is 0 Å². The quantitative estimate of drug-likeness (QED) is 0.710. The Morgan fingerprint density at radius 1 is 1.41 bits per heavy atom. The second-order valence-electron chi connectivity index (χ2n) is 4.82. The van der Waals surface area contributed by atoms with Gasteiger partial charge in [0.2, 0.25) is 10.0 Å². The number of methoxy groups -OCH3 is 1. The van der Waals surface area contributed by atoms with Crippen LogP contribution in [0.3, 0.4) is 0 Å². The minimum absolute atomic E-state index is 0.0558. The van der Waals surface area contributed by atoms with Gasteiger partial charge in [-0.15, -0.1) is 0 Å². The third-order valence-corrected chi connectivity index (χ3v) is 5.07. The van der Waals surface area contributed by atoms with Crippen LogP contribution in [0.5, 0.6) is 0 Å². The van der Waals surface area contributed by atoms with Gasteiger partial charge in [0.1, 0.15) is 6.04 Å². The molecule has 6 heteroatoms. The van der Waals surface area contributed by atoms with Gasteiger partial charge in [-0.2, -0.15) is 4.31 Å². The molecule has 0 aromatic heterocycles. The largest absolute Gasteiger partial charge is 0.468 e. The molecule has 1 aliphatic rings. The Morgan fingerprint density at radius 2 is 2.06 bits per heavy atom. The first-order chi connectivity index (χ1) is 7.88. The summed E-state index contributed by atoms with van der Waals surface area (Å²) < 4.78 is 30.3. The van der Waals surface area contributed by atoms with Crippen LogP contribution in [-0.2, 0) is 19.6 Å². The van der Waals surface area contributed by atoms with E-state index in [2.05, 4.69) is 4.74 Å². The molecule has 0 aromatic rings. The average Bonchev–Trinajstić information content (AvgIpc) is 2.26. The molecule has 0 unspecified atom stereocenters. The van der Waals surface area contributed by atoms with E-state index < -0.39 is 22.0 Å². The fraction of sp³-hybridized carbons (Fsp3) is 0.909. The zero-order valence-corrected chi connectivity index (χ0v) is 11.5. The summed E-state index contributed by atoms with van der Waals surface area (Å²) in [4.78, 5) is 11.6. The highest BCUT2D eigenvalue weighted by atomic mass is 32.2. The molecule has 0 aliphatic carbocycles. The fourth-order valence-corrected chi connectivity index (χ4v) is 4.15. The molecular weight excluding hydrogens is 242 g/mol. The molecule has 1 aliphatic heterocycles. The van der Waals surface area contributed by atoms with Crippen molar-refractivity contribution in [2.24, 2.45) is 5.92 Å².